The van der Waals surface area contributed by atoms with Gasteiger partial charge in [0.05, 0.1) is 25.4 Å². The normalized spacial score (nSPS) is 18.3. The van der Waals surface area contributed by atoms with E-state index in [0.717, 1.165) is 36.6 Å². The molecule has 128 valence electrons. The average molecular weight is 346 g/mol. The molecule has 2 N–H and O–H groups in total. The number of hydrogen-bond donors (Lipinski definition) is 2. The molecule has 0 spiro atoms. The third-order valence-electron chi connectivity index (χ3n) is 4.06. The van der Waals surface area contributed by atoms with E-state index in [4.69, 9.17) is 4.74 Å². The zero-order valence-electron chi connectivity index (χ0n) is 13.9. The Kier molecular flexibility index (Phi) is 5.44. The Balaban J connectivity index is 1.71. The number of amides is 1. The molecule has 0 aliphatic carbocycles. The highest BCUT2D eigenvalue weighted by atomic mass is 32.1. The fraction of sp³-hybridized carbons (Fsp3) is 0.412. The van der Waals surface area contributed by atoms with Crippen LogP contribution in [0, 0.1) is 6.92 Å². The van der Waals surface area contributed by atoms with Crippen LogP contribution in [0.3, 0.4) is 0 Å². The van der Waals surface area contributed by atoms with E-state index in [1.165, 1.54) is 11.3 Å². The molecular formula is C17H22N4O2S. The zero-order valence-corrected chi connectivity index (χ0v) is 14.7. The van der Waals surface area contributed by atoms with Crippen LogP contribution in [0.2, 0.25) is 0 Å². The molecule has 0 saturated carbocycles. The first kappa shape index (κ1) is 16.9. The smallest absolute Gasteiger partial charge is 0.240 e. The first-order chi connectivity index (χ1) is 11.7. The number of aryl methyl sites for hydroxylation is 1. The average Bonchev–Trinajstić information content (AvgIpc) is 3.00. The molecule has 0 bridgehead atoms. The summed E-state index contributed by atoms with van der Waals surface area (Å²) in [6, 6.07) is 8.09. The Bertz CT molecular complexity index is 703. The highest BCUT2D eigenvalue weighted by molar-refractivity contribution is 7.13. The first-order valence-corrected chi connectivity index (χ1v) is 8.85. The van der Waals surface area contributed by atoms with Crippen LogP contribution >= 0.6 is 11.3 Å². The summed E-state index contributed by atoms with van der Waals surface area (Å²) in [6.45, 7) is 4.73. The van der Waals surface area contributed by atoms with Crippen molar-refractivity contribution in [3.8, 4) is 5.75 Å². The van der Waals surface area contributed by atoms with Crippen molar-refractivity contribution in [3.05, 3.63) is 40.9 Å². The van der Waals surface area contributed by atoms with E-state index in [2.05, 4.69) is 26.6 Å². The van der Waals surface area contributed by atoms with E-state index in [9.17, 15) is 4.79 Å². The van der Waals surface area contributed by atoms with E-state index in [0.29, 0.717) is 11.7 Å². The molecule has 1 aromatic carbocycles. The van der Waals surface area contributed by atoms with Crippen LogP contribution in [0.5, 0.6) is 5.75 Å². The lowest BCUT2D eigenvalue weighted by molar-refractivity contribution is -0.118. The summed E-state index contributed by atoms with van der Waals surface area (Å²) in [5.74, 6) is 0.818. The predicted octanol–water partition coefficient (Wildman–Crippen LogP) is 2.05. The summed E-state index contributed by atoms with van der Waals surface area (Å²) in [7, 11) is 1.68. The molecule has 1 atom stereocenters. The van der Waals surface area contributed by atoms with Gasteiger partial charge >= 0.3 is 0 Å². The van der Waals surface area contributed by atoms with Gasteiger partial charge in [0, 0.05) is 30.6 Å². The van der Waals surface area contributed by atoms with E-state index in [1.807, 2.05) is 30.5 Å². The molecule has 1 aliphatic heterocycles. The predicted molar refractivity (Wildman–Crippen MR) is 95.7 cm³/mol. The van der Waals surface area contributed by atoms with E-state index in [1.54, 1.807) is 7.11 Å². The Morgan fingerprint density at radius 3 is 3.08 bits per heavy atom. The van der Waals surface area contributed by atoms with Crippen LogP contribution in [0.1, 0.15) is 17.3 Å². The minimum atomic E-state index is -0.0360. The van der Waals surface area contributed by atoms with E-state index in [-0.39, 0.29) is 11.9 Å². The summed E-state index contributed by atoms with van der Waals surface area (Å²) < 4.78 is 5.49. The number of carbonyl (C=O) groups is 1. The highest BCUT2D eigenvalue weighted by Gasteiger charge is 2.27. The van der Waals surface area contributed by atoms with Gasteiger partial charge in [-0.2, -0.15) is 0 Å². The van der Waals surface area contributed by atoms with Crippen LogP contribution in [0.25, 0.3) is 0 Å². The largest absolute Gasteiger partial charge is 0.496 e. The number of aromatic nitrogens is 1. The summed E-state index contributed by atoms with van der Waals surface area (Å²) in [6.07, 6.45) is 0. The molecule has 1 fully saturated rings. The number of nitrogens with zero attached hydrogens (tertiary/aromatic N) is 2. The lowest BCUT2D eigenvalue weighted by atomic mass is 10.0. The van der Waals surface area contributed by atoms with E-state index >= 15 is 0 Å². The van der Waals surface area contributed by atoms with Crippen molar-refractivity contribution >= 4 is 22.4 Å². The van der Waals surface area contributed by atoms with Gasteiger partial charge in [0.25, 0.3) is 0 Å². The van der Waals surface area contributed by atoms with Gasteiger partial charge in [-0.1, -0.05) is 18.2 Å². The molecule has 1 saturated heterocycles. The van der Waals surface area contributed by atoms with Gasteiger partial charge in [0.15, 0.2) is 5.13 Å². The molecule has 6 nitrogen and oxygen atoms in total. The minimum Gasteiger partial charge on any atom is -0.496 e. The fourth-order valence-corrected chi connectivity index (χ4v) is 3.64. The number of hydrogen-bond acceptors (Lipinski definition) is 6. The Morgan fingerprint density at radius 1 is 1.50 bits per heavy atom. The van der Waals surface area contributed by atoms with Crippen LogP contribution in [-0.2, 0) is 4.79 Å². The first-order valence-electron chi connectivity index (χ1n) is 7.97. The Labute approximate surface area is 145 Å². The maximum Gasteiger partial charge on any atom is 0.240 e. The van der Waals surface area contributed by atoms with E-state index < -0.39 is 0 Å². The fourth-order valence-electron chi connectivity index (χ4n) is 2.94. The summed E-state index contributed by atoms with van der Waals surface area (Å²) in [4.78, 5) is 18.9. The maximum absolute atomic E-state index is 12.4. The molecule has 3 rings (SSSR count). The number of thiazole rings is 1. The molecule has 7 heteroatoms. The quantitative estimate of drug-likeness (QED) is 0.867. The van der Waals surface area contributed by atoms with Crippen molar-refractivity contribution in [1.82, 2.24) is 15.2 Å². The summed E-state index contributed by atoms with van der Waals surface area (Å²) in [5.41, 5.74) is 2.02. The minimum absolute atomic E-state index is 0.0360. The second kappa shape index (κ2) is 7.74. The Hall–Kier alpha value is -1.96. The molecular weight excluding hydrogens is 324 g/mol. The zero-order chi connectivity index (χ0) is 16.9. The van der Waals surface area contributed by atoms with Crippen LogP contribution < -0.4 is 15.4 Å². The lowest BCUT2D eigenvalue weighted by Crippen LogP contribution is -2.48. The number of nitrogens with one attached hydrogen (secondary N) is 2. The van der Waals surface area contributed by atoms with Crippen LogP contribution in [-0.4, -0.2) is 49.1 Å². The number of piperazine rings is 1. The third-order valence-corrected chi connectivity index (χ3v) is 4.94. The number of anilines is 1. The van der Waals surface area contributed by atoms with Gasteiger partial charge in [-0.3, -0.25) is 9.69 Å². The number of benzene rings is 1. The van der Waals surface area contributed by atoms with Crippen LogP contribution in [0.15, 0.2) is 29.6 Å². The number of carbonyl (C=O) groups excluding carboxylic acids is 1. The monoisotopic (exact) mass is 346 g/mol. The maximum atomic E-state index is 12.4. The second-order valence-electron chi connectivity index (χ2n) is 5.77. The van der Waals surface area contributed by atoms with Gasteiger partial charge in [0.1, 0.15) is 5.75 Å². The number of ether oxygens (including phenoxy) is 1. The summed E-state index contributed by atoms with van der Waals surface area (Å²) >= 11 is 1.45. The molecule has 2 heterocycles. The summed E-state index contributed by atoms with van der Waals surface area (Å²) in [5, 5.41) is 8.87. The van der Waals surface area contributed by atoms with Crippen LogP contribution in [0.4, 0.5) is 5.13 Å². The number of methoxy groups -OCH3 is 1. The van der Waals surface area contributed by atoms with Crippen molar-refractivity contribution in [1.29, 1.82) is 0 Å². The van der Waals surface area contributed by atoms with Gasteiger partial charge < -0.3 is 15.4 Å². The molecule has 24 heavy (non-hydrogen) atoms. The molecule has 1 aliphatic rings. The highest BCUT2D eigenvalue weighted by Crippen LogP contribution is 2.30. The topological polar surface area (TPSA) is 66.5 Å². The number of rotatable bonds is 5. The van der Waals surface area contributed by atoms with Gasteiger partial charge in [-0.05, 0) is 13.0 Å². The lowest BCUT2D eigenvalue weighted by Gasteiger charge is -2.36. The second-order valence-corrected chi connectivity index (χ2v) is 6.63. The van der Waals surface area contributed by atoms with Gasteiger partial charge in [-0.25, -0.2) is 4.98 Å². The Morgan fingerprint density at radius 2 is 2.33 bits per heavy atom. The molecule has 1 aromatic heterocycles. The van der Waals surface area contributed by atoms with Crippen molar-refractivity contribution in [3.63, 3.8) is 0 Å². The molecule has 2 aromatic rings. The molecule has 1 unspecified atom stereocenters. The molecule has 0 radical (unpaired) electrons. The SMILES string of the molecule is COc1ccccc1C1CNCCN1CC(=O)Nc1nc(C)cs1. The van der Waals surface area contributed by atoms with Gasteiger partial charge in [-0.15, -0.1) is 11.3 Å². The van der Waals surface area contributed by atoms with Crippen molar-refractivity contribution in [2.45, 2.75) is 13.0 Å². The third kappa shape index (κ3) is 3.92. The van der Waals surface area contributed by atoms with Crippen molar-refractivity contribution < 1.29 is 9.53 Å². The van der Waals surface area contributed by atoms with Gasteiger partial charge in [0.2, 0.25) is 5.91 Å². The standard InChI is InChI=1S/C17H22N4O2S/c1-12-11-24-17(19-12)20-16(22)10-21-8-7-18-9-14(21)13-5-3-4-6-15(13)23-2/h3-6,11,14,18H,7-10H2,1-2H3,(H,19,20,22). The number of para-hydroxylation sites is 1. The van der Waals surface area contributed by atoms with Crippen molar-refractivity contribution in [2.75, 3.05) is 38.6 Å². The van der Waals surface area contributed by atoms with Crippen molar-refractivity contribution in [2.24, 2.45) is 0 Å². The molecule has 1 amide bonds.